The summed E-state index contributed by atoms with van der Waals surface area (Å²) >= 11 is 0. The zero-order chi connectivity index (χ0) is 19.3. The van der Waals surface area contributed by atoms with Crippen LogP contribution in [-0.2, 0) is 10.2 Å². The Morgan fingerprint density at radius 3 is 2.04 bits per heavy atom. The molecule has 0 aliphatic heterocycles. The molecular weight excluding hydrogens is 306 g/mol. The van der Waals surface area contributed by atoms with Gasteiger partial charge < -0.3 is 5.32 Å². The molecule has 25 heavy (non-hydrogen) atoms. The maximum absolute atomic E-state index is 10.9. The van der Waals surface area contributed by atoms with Crippen molar-refractivity contribution in [2.45, 2.75) is 66.7 Å². The Morgan fingerprint density at radius 2 is 1.56 bits per heavy atom. The summed E-state index contributed by atoms with van der Waals surface area (Å²) in [5.41, 5.74) is 4.41. The van der Waals surface area contributed by atoms with Crippen molar-refractivity contribution >= 4 is 12.1 Å². The number of benzene rings is 2. The number of hydrogen-bond donors (Lipinski definition) is 1. The topological polar surface area (TPSA) is 29.1 Å². The van der Waals surface area contributed by atoms with Crippen LogP contribution in [0, 0.1) is 6.92 Å². The van der Waals surface area contributed by atoms with Gasteiger partial charge in [0.2, 0.25) is 6.41 Å². The Morgan fingerprint density at radius 1 is 1.00 bits per heavy atom. The fourth-order valence-electron chi connectivity index (χ4n) is 2.66. The SMILES string of the molecule is CC.CCC.CCC(C)(c1ccccc1)c1cc(C)ccc1NC=O. The van der Waals surface area contributed by atoms with Gasteiger partial charge >= 0.3 is 0 Å². The van der Waals surface area contributed by atoms with Crippen LogP contribution in [-0.4, -0.2) is 6.41 Å². The van der Waals surface area contributed by atoms with E-state index >= 15 is 0 Å². The standard InChI is InChI=1S/C18H21NO.C3H8.C2H6/c1-4-18(3,15-8-6-5-7-9-15)16-12-14(2)10-11-17(16)19-13-20;1-3-2;1-2/h5-13H,4H2,1-3H3,(H,19,20);3H2,1-2H3;1-2H3. The second-order valence-corrected chi connectivity index (χ2v) is 6.07. The van der Waals surface area contributed by atoms with Crippen LogP contribution in [0.25, 0.3) is 0 Å². The molecule has 2 heteroatoms. The Bertz CT molecular complexity index is 607. The monoisotopic (exact) mass is 341 g/mol. The molecule has 0 radical (unpaired) electrons. The van der Waals surface area contributed by atoms with Crippen molar-refractivity contribution in [3.05, 3.63) is 65.2 Å². The highest BCUT2D eigenvalue weighted by atomic mass is 16.1. The summed E-state index contributed by atoms with van der Waals surface area (Å²) in [5.74, 6) is 0. The van der Waals surface area contributed by atoms with Crippen molar-refractivity contribution in [3.63, 3.8) is 0 Å². The van der Waals surface area contributed by atoms with Gasteiger partial charge in [0, 0.05) is 11.1 Å². The number of carbonyl (C=O) groups is 1. The highest BCUT2D eigenvalue weighted by Crippen LogP contribution is 2.39. The molecule has 1 atom stereocenters. The van der Waals surface area contributed by atoms with Gasteiger partial charge in [-0.05, 0) is 30.5 Å². The minimum Gasteiger partial charge on any atom is -0.328 e. The lowest BCUT2D eigenvalue weighted by Gasteiger charge is -2.32. The van der Waals surface area contributed by atoms with Crippen LogP contribution < -0.4 is 5.32 Å². The fraction of sp³-hybridized carbons (Fsp3) is 0.435. The van der Waals surface area contributed by atoms with E-state index in [-0.39, 0.29) is 5.41 Å². The summed E-state index contributed by atoms with van der Waals surface area (Å²) in [5, 5.41) is 2.83. The Balaban J connectivity index is 0.00000104. The Kier molecular flexibility index (Phi) is 11.3. The minimum atomic E-state index is -0.112. The van der Waals surface area contributed by atoms with Gasteiger partial charge in [0.15, 0.2) is 0 Å². The smallest absolute Gasteiger partial charge is 0.211 e. The maximum Gasteiger partial charge on any atom is 0.211 e. The number of aryl methyl sites for hydroxylation is 1. The predicted molar refractivity (Wildman–Crippen MR) is 111 cm³/mol. The van der Waals surface area contributed by atoms with E-state index in [1.54, 1.807) is 0 Å². The third kappa shape index (κ3) is 6.38. The summed E-state index contributed by atoms with van der Waals surface area (Å²) in [6, 6.07) is 16.6. The van der Waals surface area contributed by atoms with Gasteiger partial charge in [-0.3, -0.25) is 4.79 Å². The van der Waals surface area contributed by atoms with Crippen molar-refractivity contribution in [1.82, 2.24) is 0 Å². The normalized spacial score (nSPS) is 11.8. The average Bonchev–Trinajstić information content (AvgIpc) is 2.66. The molecule has 138 valence electrons. The van der Waals surface area contributed by atoms with E-state index in [0.717, 1.165) is 18.5 Å². The van der Waals surface area contributed by atoms with E-state index in [2.05, 4.69) is 70.3 Å². The van der Waals surface area contributed by atoms with Crippen LogP contribution in [0.4, 0.5) is 5.69 Å². The molecule has 0 spiro atoms. The van der Waals surface area contributed by atoms with Gasteiger partial charge in [-0.15, -0.1) is 0 Å². The molecular formula is C23H35NO. The molecule has 0 fully saturated rings. The molecule has 1 unspecified atom stereocenters. The van der Waals surface area contributed by atoms with E-state index in [9.17, 15) is 4.79 Å². The molecule has 0 bridgehead atoms. The molecule has 0 heterocycles. The maximum atomic E-state index is 10.9. The fourth-order valence-corrected chi connectivity index (χ4v) is 2.66. The number of hydrogen-bond acceptors (Lipinski definition) is 1. The van der Waals surface area contributed by atoms with Crippen molar-refractivity contribution in [2.24, 2.45) is 0 Å². The first-order valence-corrected chi connectivity index (χ1v) is 9.40. The van der Waals surface area contributed by atoms with Crippen molar-refractivity contribution < 1.29 is 4.79 Å². The van der Waals surface area contributed by atoms with Crippen LogP contribution >= 0.6 is 0 Å². The molecule has 0 saturated carbocycles. The quantitative estimate of drug-likeness (QED) is 0.601. The van der Waals surface area contributed by atoms with Gasteiger partial charge in [-0.1, -0.05) is 96.0 Å². The van der Waals surface area contributed by atoms with Gasteiger partial charge in [-0.2, -0.15) is 0 Å². The molecule has 0 aromatic heterocycles. The van der Waals surface area contributed by atoms with Crippen LogP contribution in [0.1, 0.15) is 71.1 Å². The summed E-state index contributed by atoms with van der Waals surface area (Å²) in [7, 11) is 0. The number of rotatable bonds is 5. The molecule has 0 aliphatic carbocycles. The average molecular weight is 342 g/mol. The lowest BCUT2D eigenvalue weighted by molar-refractivity contribution is -0.105. The molecule has 2 rings (SSSR count). The van der Waals surface area contributed by atoms with Gasteiger partial charge in [0.05, 0.1) is 0 Å². The first kappa shape index (κ1) is 22.9. The van der Waals surface area contributed by atoms with E-state index in [0.29, 0.717) is 0 Å². The molecule has 1 N–H and O–H groups in total. The van der Waals surface area contributed by atoms with Gasteiger partial charge in [-0.25, -0.2) is 0 Å². The lowest BCUT2D eigenvalue weighted by atomic mass is 9.73. The third-order valence-corrected chi connectivity index (χ3v) is 4.10. The third-order valence-electron chi connectivity index (χ3n) is 4.10. The van der Waals surface area contributed by atoms with Gasteiger partial charge in [0.25, 0.3) is 0 Å². The van der Waals surface area contributed by atoms with E-state index in [4.69, 9.17) is 0 Å². The van der Waals surface area contributed by atoms with Crippen molar-refractivity contribution in [2.75, 3.05) is 5.32 Å². The van der Waals surface area contributed by atoms with E-state index in [1.807, 2.05) is 32.0 Å². The van der Waals surface area contributed by atoms with Crippen LogP contribution in [0.5, 0.6) is 0 Å². The zero-order valence-electron chi connectivity index (χ0n) is 17.0. The van der Waals surface area contributed by atoms with E-state index < -0.39 is 0 Å². The number of nitrogens with one attached hydrogen (secondary N) is 1. The first-order chi connectivity index (χ1) is 12.0. The molecule has 0 saturated heterocycles. The van der Waals surface area contributed by atoms with Crippen molar-refractivity contribution in [1.29, 1.82) is 0 Å². The van der Waals surface area contributed by atoms with Crippen molar-refractivity contribution in [3.8, 4) is 0 Å². The zero-order valence-corrected chi connectivity index (χ0v) is 17.0. The summed E-state index contributed by atoms with van der Waals surface area (Å²) < 4.78 is 0. The highest BCUT2D eigenvalue weighted by molar-refractivity contribution is 5.75. The summed E-state index contributed by atoms with van der Waals surface area (Å²) in [6.45, 7) is 14.7. The molecule has 2 aromatic rings. The van der Waals surface area contributed by atoms with Crippen LogP contribution in [0.3, 0.4) is 0 Å². The Labute approximate surface area is 154 Å². The number of carbonyl (C=O) groups excluding carboxylic acids is 1. The lowest BCUT2D eigenvalue weighted by Crippen LogP contribution is -2.24. The number of amides is 1. The highest BCUT2D eigenvalue weighted by Gasteiger charge is 2.29. The Hall–Kier alpha value is -2.09. The molecule has 2 aromatic carbocycles. The minimum absolute atomic E-state index is 0.112. The number of anilines is 1. The first-order valence-electron chi connectivity index (χ1n) is 9.40. The second kappa shape index (κ2) is 12.3. The second-order valence-electron chi connectivity index (χ2n) is 6.07. The van der Waals surface area contributed by atoms with Crippen LogP contribution in [0.2, 0.25) is 0 Å². The van der Waals surface area contributed by atoms with E-state index in [1.165, 1.54) is 23.1 Å². The molecule has 2 nitrogen and oxygen atoms in total. The van der Waals surface area contributed by atoms with Gasteiger partial charge in [0.1, 0.15) is 0 Å². The predicted octanol–water partition coefficient (Wildman–Crippen LogP) is 6.72. The molecule has 1 amide bonds. The largest absolute Gasteiger partial charge is 0.328 e. The summed E-state index contributed by atoms with van der Waals surface area (Å²) in [6.07, 6.45) is 2.96. The summed E-state index contributed by atoms with van der Waals surface area (Å²) in [4.78, 5) is 10.9. The molecule has 0 aliphatic rings. The van der Waals surface area contributed by atoms with Crippen LogP contribution in [0.15, 0.2) is 48.5 Å².